The number of hydrogen-bond donors (Lipinski definition) is 2. The number of rotatable bonds is 4. The van der Waals surface area contributed by atoms with Gasteiger partial charge < -0.3 is 29.5 Å². The van der Waals surface area contributed by atoms with Crippen LogP contribution >= 0.6 is 0 Å². The smallest absolute Gasteiger partial charge is 0.545 e. The van der Waals surface area contributed by atoms with Crippen LogP contribution in [0.5, 0.6) is 11.5 Å². The maximum Gasteiger partial charge on any atom is 2.00 e. The summed E-state index contributed by atoms with van der Waals surface area (Å²) in [5, 5.41) is 20.7. The van der Waals surface area contributed by atoms with Crippen molar-refractivity contribution in [2.24, 2.45) is 11.8 Å². The summed E-state index contributed by atoms with van der Waals surface area (Å²) in [6, 6.07) is 12.0. The average Bonchev–Trinajstić information content (AvgIpc) is 2.55. The first-order chi connectivity index (χ1) is 10.5. The van der Waals surface area contributed by atoms with Gasteiger partial charge in [-0.1, -0.05) is 24.3 Å². The maximum atomic E-state index is 10.3. The fraction of sp³-hybridized carbons (Fsp3) is 0. The zero-order valence-corrected chi connectivity index (χ0v) is 12.5. The third kappa shape index (κ3) is 5.97. The Morgan fingerprint density at radius 2 is 1.04 bits per heavy atom. The first-order valence-corrected chi connectivity index (χ1v) is 5.85. The molecule has 125 valence electrons. The Morgan fingerprint density at radius 1 is 0.739 bits per heavy atom. The SMILES string of the molecule is NOc1ccccc1C(=O)[O-].NOc1ccccc1C(=O)[O-].[Cu+2]. The molecule has 0 heterocycles. The van der Waals surface area contributed by atoms with E-state index in [2.05, 4.69) is 9.68 Å². The maximum absolute atomic E-state index is 10.3. The van der Waals surface area contributed by atoms with Crippen molar-refractivity contribution in [3.63, 3.8) is 0 Å². The van der Waals surface area contributed by atoms with Gasteiger partial charge in [-0.15, -0.1) is 0 Å². The molecule has 0 saturated heterocycles. The molecule has 4 N–H and O–H groups in total. The molecule has 0 unspecified atom stereocenters. The molecule has 0 aliphatic rings. The van der Waals surface area contributed by atoms with Gasteiger partial charge in [0.2, 0.25) is 0 Å². The van der Waals surface area contributed by atoms with E-state index in [1.165, 1.54) is 24.3 Å². The van der Waals surface area contributed by atoms with Crippen molar-refractivity contribution < 1.29 is 46.5 Å². The normalized spacial score (nSPS) is 8.78. The van der Waals surface area contributed by atoms with Crippen LogP contribution in [-0.4, -0.2) is 11.9 Å². The number of carbonyl (C=O) groups is 2. The third-order valence-electron chi connectivity index (χ3n) is 2.47. The van der Waals surface area contributed by atoms with E-state index in [1.54, 1.807) is 24.3 Å². The van der Waals surface area contributed by atoms with E-state index in [0.29, 0.717) is 0 Å². The fourth-order valence-electron chi connectivity index (χ4n) is 1.48. The second-order valence-corrected chi connectivity index (χ2v) is 3.80. The van der Waals surface area contributed by atoms with Gasteiger partial charge >= 0.3 is 17.1 Å². The van der Waals surface area contributed by atoms with E-state index in [0.717, 1.165) is 0 Å². The van der Waals surface area contributed by atoms with Crippen molar-refractivity contribution in [3.8, 4) is 11.5 Å². The Kier molecular flexibility index (Phi) is 9.05. The monoisotopic (exact) mass is 367 g/mol. The Hall–Kier alpha value is -2.58. The van der Waals surface area contributed by atoms with Crippen LogP contribution < -0.4 is 31.7 Å². The Morgan fingerprint density at radius 3 is 1.26 bits per heavy atom. The molecule has 0 bridgehead atoms. The van der Waals surface area contributed by atoms with E-state index < -0.39 is 11.9 Å². The van der Waals surface area contributed by atoms with Gasteiger partial charge in [0.1, 0.15) is 0 Å². The van der Waals surface area contributed by atoms with Crippen LogP contribution in [0.4, 0.5) is 0 Å². The van der Waals surface area contributed by atoms with E-state index in [-0.39, 0.29) is 39.7 Å². The predicted molar refractivity (Wildman–Crippen MR) is 71.2 cm³/mol. The second-order valence-electron chi connectivity index (χ2n) is 3.80. The number of carboxylic acids is 2. The molecule has 23 heavy (non-hydrogen) atoms. The summed E-state index contributed by atoms with van der Waals surface area (Å²) in [5.74, 6) is 7.20. The summed E-state index contributed by atoms with van der Waals surface area (Å²) in [5.41, 5.74) is -0.0926. The van der Waals surface area contributed by atoms with Crippen molar-refractivity contribution in [1.82, 2.24) is 0 Å². The van der Waals surface area contributed by atoms with Crippen LogP contribution in [0, 0.1) is 0 Å². The molecule has 9 heteroatoms. The number of nitrogens with two attached hydrogens (primary N) is 2. The Labute approximate surface area is 142 Å². The predicted octanol–water partition coefficient (Wildman–Crippen LogP) is -1.40. The van der Waals surface area contributed by atoms with E-state index in [4.69, 9.17) is 11.8 Å². The summed E-state index contributed by atoms with van der Waals surface area (Å²) in [6.07, 6.45) is 0. The summed E-state index contributed by atoms with van der Waals surface area (Å²) in [7, 11) is 0. The molecule has 0 aliphatic carbocycles. The van der Waals surface area contributed by atoms with Crippen molar-refractivity contribution in [1.29, 1.82) is 0 Å². The zero-order chi connectivity index (χ0) is 16.5. The number of hydrogen-bond acceptors (Lipinski definition) is 8. The molecule has 0 amide bonds. The minimum absolute atomic E-state index is 0. The number of benzene rings is 2. The largest absolute Gasteiger partial charge is 2.00 e. The van der Waals surface area contributed by atoms with Crippen LogP contribution in [0.3, 0.4) is 0 Å². The van der Waals surface area contributed by atoms with Crippen LogP contribution in [0.1, 0.15) is 20.7 Å². The van der Waals surface area contributed by atoms with E-state index >= 15 is 0 Å². The fourth-order valence-corrected chi connectivity index (χ4v) is 1.48. The van der Waals surface area contributed by atoms with Gasteiger partial charge in [0, 0.05) is 11.1 Å². The molecule has 1 radical (unpaired) electrons. The molecule has 0 aliphatic heterocycles. The summed E-state index contributed by atoms with van der Waals surface area (Å²) in [6.45, 7) is 0. The van der Waals surface area contributed by atoms with Gasteiger partial charge in [0.05, 0.1) is 11.9 Å². The third-order valence-corrected chi connectivity index (χ3v) is 2.47. The molecule has 0 atom stereocenters. The van der Waals surface area contributed by atoms with Crippen molar-refractivity contribution >= 4 is 11.9 Å². The molecular formula is C14H12CuN2O6. The summed E-state index contributed by atoms with van der Waals surface area (Å²) in [4.78, 5) is 29.2. The Balaban J connectivity index is 0.000000403. The minimum Gasteiger partial charge on any atom is -0.545 e. The first kappa shape index (κ1) is 20.4. The van der Waals surface area contributed by atoms with Crippen LogP contribution in [0.15, 0.2) is 48.5 Å². The van der Waals surface area contributed by atoms with Gasteiger partial charge in [0.15, 0.2) is 11.5 Å². The van der Waals surface area contributed by atoms with Crippen LogP contribution in [-0.2, 0) is 17.1 Å². The minimum atomic E-state index is -1.30. The van der Waals surface area contributed by atoms with Crippen LogP contribution in [0.25, 0.3) is 0 Å². The molecule has 2 aromatic carbocycles. The second kappa shape index (κ2) is 10.2. The molecule has 0 aromatic heterocycles. The Bertz CT molecular complexity index is 608. The molecular weight excluding hydrogens is 356 g/mol. The van der Waals surface area contributed by atoms with Gasteiger partial charge in [-0.2, -0.15) is 11.8 Å². The van der Waals surface area contributed by atoms with E-state index in [9.17, 15) is 19.8 Å². The molecule has 0 saturated carbocycles. The first-order valence-electron chi connectivity index (χ1n) is 5.85. The summed E-state index contributed by atoms with van der Waals surface area (Å²) >= 11 is 0. The number of carbonyl (C=O) groups excluding carboxylic acids is 2. The quantitative estimate of drug-likeness (QED) is 0.494. The average molecular weight is 368 g/mol. The van der Waals surface area contributed by atoms with E-state index in [1.807, 2.05) is 0 Å². The standard InChI is InChI=1S/2C7H7NO3.Cu/c2*8-11-6-4-2-1-3-5(6)7(9)10;/h2*1-4H,8H2,(H,9,10);/q;;+2/p-2. The van der Waals surface area contributed by atoms with Crippen molar-refractivity contribution in [2.45, 2.75) is 0 Å². The van der Waals surface area contributed by atoms with Gasteiger partial charge in [0.25, 0.3) is 0 Å². The van der Waals surface area contributed by atoms with Crippen molar-refractivity contribution in [3.05, 3.63) is 59.7 Å². The number of para-hydroxylation sites is 2. The van der Waals surface area contributed by atoms with Gasteiger partial charge in [-0.05, 0) is 24.3 Å². The number of aromatic carboxylic acids is 2. The number of carboxylic acid groups (broad SMARTS) is 2. The topological polar surface area (TPSA) is 151 Å². The molecule has 2 rings (SSSR count). The molecule has 0 spiro atoms. The molecule has 0 fully saturated rings. The zero-order valence-electron chi connectivity index (χ0n) is 11.5. The van der Waals surface area contributed by atoms with Crippen molar-refractivity contribution in [2.75, 3.05) is 0 Å². The van der Waals surface area contributed by atoms with Crippen LogP contribution in [0.2, 0.25) is 0 Å². The van der Waals surface area contributed by atoms with Gasteiger partial charge in [-0.25, -0.2) is 0 Å². The molecule has 2 aromatic rings. The summed E-state index contributed by atoms with van der Waals surface area (Å²) < 4.78 is 0. The molecule has 8 nitrogen and oxygen atoms in total. The van der Waals surface area contributed by atoms with Gasteiger partial charge in [-0.3, -0.25) is 0 Å².